The largest absolute Gasteiger partial charge is 0.393 e. The fourth-order valence-electron chi connectivity index (χ4n) is 6.80. The van der Waals surface area contributed by atoms with Gasteiger partial charge in [0.1, 0.15) is 0 Å². The monoisotopic (exact) mass is 394 g/mol. The molecule has 1 aliphatic carbocycles. The molecule has 2 aromatic rings. The number of aryl methyl sites for hydroxylation is 1. The van der Waals surface area contributed by atoms with Gasteiger partial charge in [-0.25, -0.2) is 0 Å². The summed E-state index contributed by atoms with van der Waals surface area (Å²) in [5.41, 5.74) is 4.45. The molecule has 3 unspecified atom stereocenters. The Labute approximate surface area is 176 Å². The standard InChI is InChI=1S/C24H32N2O.C2H6/c1-4-12-24-14-20-16(2)22(27)10-9-17(20)15-26(24)13-11-19-18-7-5-6-8-21(18)25(3)23(19)24;1-2/h4-8,16-17,20,22,27H,1,9-15H2,2-3H3;1-2H3/t16-,17?,20?,22?,24+;/m1./s1. The molecule has 3 heteroatoms. The van der Waals surface area contributed by atoms with Crippen LogP contribution in [-0.4, -0.2) is 33.8 Å². The highest BCUT2D eigenvalue weighted by Gasteiger charge is 2.53. The molecule has 2 aliphatic heterocycles. The quantitative estimate of drug-likeness (QED) is 0.704. The first-order chi connectivity index (χ1) is 14.1. The van der Waals surface area contributed by atoms with E-state index in [0.717, 1.165) is 38.1 Å². The van der Waals surface area contributed by atoms with E-state index in [4.69, 9.17) is 0 Å². The predicted molar refractivity (Wildman–Crippen MR) is 122 cm³/mol. The van der Waals surface area contributed by atoms with E-state index in [-0.39, 0.29) is 11.6 Å². The van der Waals surface area contributed by atoms with E-state index in [1.165, 1.54) is 29.6 Å². The third kappa shape index (κ3) is 3.00. The van der Waals surface area contributed by atoms with Crippen LogP contribution in [0.4, 0.5) is 0 Å². The molecule has 1 saturated carbocycles. The van der Waals surface area contributed by atoms with Crippen LogP contribution in [0.2, 0.25) is 0 Å². The summed E-state index contributed by atoms with van der Waals surface area (Å²) in [6.45, 7) is 12.8. The minimum absolute atomic E-state index is 0.0373. The van der Waals surface area contributed by atoms with Crippen LogP contribution in [0.25, 0.3) is 10.9 Å². The molecule has 0 amide bonds. The molecule has 1 N–H and O–H groups in total. The van der Waals surface area contributed by atoms with Crippen LogP contribution in [0.1, 0.15) is 57.7 Å². The highest BCUT2D eigenvalue weighted by Crippen LogP contribution is 2.54. The fraction of sp³-hybridized carbons (Fsp3) is 0.615. The third-order valence-electron chi connectivity index (χ3n) is 8.12. The van der Waals surface area contributed by atoms with Gasteiger partial charge in [-0.3, -0.25) is 4.90 Å². The summed E-state index contributed by atoms with van der Waals surface area (Å²) in [5.74, 6) is 1.74. The molecule has 1 aromatic carbocycles. The Morgan fingerprint density at radius 2 is 2.00 bits per heavy atom. The smallest absolute Gasteiger partial charge is 0.0654 e. The zero-order chi connectivity index (χ0) is 20.8. The molecule has 29 heavy (non-hydrogen) atoms. The summed E-state index contributed by atoms with van der Waals surface area (Å²) in [6, 6.07) is 8.89. The molecule has 3 nitrogen and oxygen atoms in total. The number of nitrogens with zero attached hydrogens (tertiary/aromatic N) is 2. The van der Waals surface area contributed by atoms with Crippen LogP contribution < -0.4 is 0 Å². The summed E-state index contributed by atoms with van der Waals surface area (Å²) < 4.78 is 2.46. The summed E-state index contributed by atoms with van der Waals surface area (Å²) in [4.78, 5) is 2.78. The first-order valence-electron chi connectivity index (χ1n) is 11.7. The van der Waals surface area contributed by atoms with E-state index in [1.54, 1.807) is 5.56 Å². The lowest BCUT2D eigenvalue weighted by atomic mass is 9.61. The van der Waals surface area contributed by atoms with Crippen molar-refractivity contribution >= 4 is 10.9 Å². The summed E-state index contributed by atoms with van der Waals surface area (Å²) in [5, 5.41) is 12.0. The Morgan fingerprint density at radius 3 is 2.76 bits per heavy atom. The van der Waals surface area contributed by atoms with Gasteiger partial charge in [0.25, 0.3) is 0 Å². The molecular formula is C26H38N2O. The van der Waals surface area contributed by atoms with Crippen molar-refractivity contribution in [3.8, 4) is 0 Å². The minimum Gasteiger partial charge on any atom is -0.393 e. The van der Waals surface area contributed by atoms with Gasteiger partial charge < -0.3 is 9.67 Å². The molecule has 1 aromatic heterocycles. The number of benzene rings is 1. The van der Waals surface area contributed by atoms with Gasteiger partial charge in [0.05, 0.1) is 11.6 Å². The Hall–Kier alpha value is -1.58. The van der Waals surface area contributed by atoms with Crippen LogP contribution in [0.3, 0.4) is 0 Å². The highest BCUT2D eigenvalue weighted by molar-refractivity contribution is 5.86. The van der Waals surface area contributed by atoms with Gasteiger partial charge in [-0.05, 0) is 61.5 Å². The topological polar surface area (TPSA) is 28.4 Å². The van der Waals surface area contributed by atoms with Crippen LogP contribution >= 0.6 is 0 Å². The van der Waals surface area contributed by atoms with Crippen molar-refractivity contribution < 1.29 is 5.11 Å². The van der Waals surface area contributed by atoms with Crippen molar-refractivity contribution in [3.63, 3.8) is 0 Å². The van der Waals surface area contributed by atoms with E-state index >= 15 is 0 Å². The minimum atomic E-state index is -0.130. The van der Waals surface area contributed by atoms with Gasteiger partial charge in [-0.15, -0.1) is 6.58 Å². The Morgan fingerprint density at radius 1 is 1.24 bits per heavy atom. The fourth-order valence-corrected chi connectivity index (χ4v) is 6.80. The molecule has 5 rings (SSSR count). The van der Waals surface area contributed by atoms with Gasteiger partial charge in [-0.1, -0.05) is 45.0 Å². The van der Waals surface area contributed by atoms with E-state index in [1.807, 2.05) is 13.8 Å². The van der Waals surface area contributed by atoms with E-state index in [2.05, 4.69) is 60.4 Å². The Balaban J connectivity index is 0.000000994. The van der Waals surface area contributed by atoms with Gasteiger partial charge in [0.2, 0.25) is 0 Å². The number of aromatic nitrogens is 1. The van der Waals surface area contributed by atoms with Crippen molar-refractivity contribution in [3.05, 3.63) is 48.2 Å². The maximum Gasteiger partial charge on any atom is 0.0654 e. The van der Waals surface area contributed by atoms with Gasteiger partial charge >= 0.3 is 0 Å². The molecule has 0 spiro atoms. The van der Waals surface area contributed by atoms with Crippen molar-refractivity contribution in [2.45, 2.75) is 64.5 Å². The van der Waals surface area contributed by atoms with Crippen LogP contribution in [0.15, 0.2) is 36.9 Å². The van der Waals surface area contributed by atoms with Crippen molar-refractivity contribution in [1.82, 2.24) is 9.47 Å². The second kappa shape index (κ2) is 7.92. The maximum absolute atomic E-state index is 10.6. The molecule has 3 aliphatic rings. The van der Waals surface area contributed by atoms with E-state index < -0.39 is 0 Å². The highest BCUT2D eigenvalue weighted by atomic mass is 16.3. The van der Waals surface area contributed by atoms with E-state index in [9.17, 15) is 5.11 Å². The lowest BCUT2D eigenvalue weighted by molar-refractivity contribution is -0.0896. The molecular weight excluding hydrogens is 356 g/mol. The number of fused-ring (bicyclic) bond motifs is 6. The maximum atomic E-state index is 10.6. The number of piperidine rings is 1. The first-order valence-corrected chi connectivity index (χ1v) is 11.7. The molecule has 158 valence electrons. The number of aliphatic hydroxyl groups excluding tert-OH is 1. The lowest BCUT2D eigenvalue weighted by Crippen LogP contribution is -2.60. The zero-order valence-electron chi connectivity index (χ0n) is 18.7. The number of para-hydroxylation sites is 1. The van der Waals surface area contributed by atoms with Gasteiger partial charge in [0.15, 0.2) is 0 Å². The average Bonchev–Trinajstić information content (AvgIpc) is 3.05. The van der Waals surface area contributed by atoms with Crippen LogP contribution in [-0.2, 0) is 19.0 Å². The summed E-state index contributed by atoms with van der Waals surface area (Å²) >= 11 is 0. The van der Waals surface area contributed by atoms with Crippen LogP contribution in [0, 0.1) is 17.8 Å². The number of aliphatic hydroxyl groups is 1. The molecule has 0 radical (unpaired) electrons. The molecule has 1 saturated heterocycles. The molecule has 3 heterocycles. The van der Waals surface area contributed by atoms with Crippen molar-refractivity contribution in [2.75, 3.05) is 13.1 Å². The van der Waals surface area contributed by atoms with Crippen molar-refractivity contribution in [1.29, 1.82) is 0 Å². The first kappa shape index (κ1) is 20.7. The van der Waals surface area contributed by atoms with Gasteiger partial charge in [0, 0.05) is 36.7 Å². The summed E-state index contributed by atoms with van der Waals surface area (Å²) in [6.07, 6.45) is 7.45. The molecule has 5 atom stereocenters. The number of hydrogen-bond donors (Lipinski definition) is 1. The molecule has 2 fully saturated rings. The van der Waals surface area contributed by atoms with Crippen LogP contribution in [0.5, 0.6) is 0 Å². The average molecular weight is 395 g/mol. The second-order valence-corrected chi connectivity index (χ2v) is 9.26. The van der Waals surface area contributed by atoms with Gasteiger partial charge in [-0.2, -0.15) is 0 Å². The summed E-state index contributed by atoms with van der Waals surface area (Å²) in [7, 11) is 2.25. The number of hydrogen-bond acceptors (Lipinski definition) is 2. The lowest BCUT2D eigenvalue weighted by Gasteiger charge is -2.58. The zero-order valence-corrected chi connectivity index (χ0v) is 18.7. The van der Waals surface area contributed by atoms with Crippen molar-refractivity contribution in [2.24, 2.45) is 24.8 Å². The molecule has 0 bridgehead atoms. The Kier molecular flexibility index (Phi) is 5.65. The SMILES string of the molecule is C=CC[C@@]12CC3C(CCC(O)[C@@H]3C)CN1CCc1c2n(C)c2ccccc12.CC. The number of rotatable bonds is 2. The normalized spacial score (nSPS) is 33.8. The predicted octanol–water partition coefficient (Wildman–Crippen LogP) is 5.26. The third-order valence-corrected chi connectivity index (χ3v) is 8.12. The van der Waals surface area contributed by atoms with E-state index in [0.29, 0.717) is 11.8 Å². The second-order valence-electron chi connectivity index (χ2n) is 9.26. The Bertz CT molecular complexity index is 884.